The van der Waals surface area contributed by atoms with Crippen LogP contribution in [0, 0.1) is 18.3 Å². The molecule has 1 aliphatic carbocycles. The van der Waals surface area contributed by atoms with Crippen molar-refractivity contribution in [2.45, 2.75) is 37.3 Å². The lowest BCUT2D eigenvalue weighted by atomic mass is 9.92. The number of carbonyl (C=O) groups excluding carboxylic acids is 1. The standard InChI is InChI=1S/C17H21F3N2OS.ClH/c1-11-2-3-14(24-10-17(18,19)20)13(8-11)22-15(23)12-9-16(12)4-6-21-7-5-16;/h2-3,8,12,21H,4-7,9-10H2,1H3,(H,22,23);1H. The highest BCUT2D eigenvalue weighted by Crippen LogP contribution is 2.58. The summed E-state index contributed by atoms with van der Waals surface area (Å²) in [7, 11) is 0. The smallest absolute Gasteiger partial charge is 0.325 e. The van der Waals surface area contributed by atoms with Gasteiger partial charge in [0, 0.05) is 10.8 Å². The Hall–Kier alpha value is -0.920. The van der Waals surface area contributed by atoms with Gasteiger partial charge in [-0.25, -0.2) is 0 Å². The third-order valence-electron chi connectivity index (χ3n) is 4.89. The van der Waals surface area contributed by atoms with Crippen LogP contribution in [0.5, 0.6) is 0 Å². The zero-order chi connectivity index (χ0) is 17.4. The maximum Gasteiger partial charge on any atom is 0.398 e. The number of hydrogen-bond acceptors (Lipinski definition) is 3. The summed E-state index contributed by atoms with van der Waals surface area (Å²) in [6.45, 7) is 3.72. The molecule has 1 atom stereocenters. The summed E-state index contributed by atoms with van der Waals surface area (Å²) in [5.41, 5.74) is 1.51. The zero-order valence-corrected chi connectivity index (χ0v) is 15.5. The fraction of sp³-hybridized carbons (Fsp3) is 0.588. The second kappa shape index (κ2) is 7.76. The van der Waals surface area contributed by atoms with E-state index in [4.69, 9.17) is 0 Å². The van der Waals surface area contributed by atoms with Crippen LogP contribution in [0.25, 0.3) is 0 Å². The average molecular weight is 395 g/mol. The molecule has 140 valence electrons. The molecule has 1 saturated carbocycles. The summed E-state index contributed by atoms with van der Waals surface area (Å²) in [6.07, 6.45) is -1.35. The molecule has 2 fully saturated rings. The van der Waals surface area contributed by atoms with Crippen molar-refractivity contribution in [2.75, 3.05) is 24.2 Å². The van der Waals surface area contributed by atoms with Gasteiger partial charge in [-0.1, -0.05) is 6.07 Å². The molecule has 1 saturated heterocycles. The molecule has 8 heteroatoms. The second-order valence-corrected chi connectivity index (χ2v) is 7.78. The molecule has 1 amide bonds. The van der Waals surface area contributed by atoms with Crippen LogP contribution in [-0.4, -0.2) is 30.9 Å². The average Bonchev–Trinajstić information content (AvgIpc) is 3.19. The number of piperidine rings is 1. The molecule has 2 N–H and O–H groups in total. The van der Waals surface area contributed by atoms with Crippen LogP contribution in [0.15, 0.2) is 23.1 Å². The first-order chi connectivity index (χ1) is 11.3. The second-order valence-electron chi connectivity index (χ2n) is 6.76. The predicted octanol–water partition coefficient (Wildman–Crippen LogP) is 4.40. The normalized spacial score (nSPS) is 21.5. The van der Waals surface area contributed by atoms with Gasteiger partial charge in [0.1, 0.15) is 0 Å². The van der Waals surface area contributed by atoms with E-state index in [2.05, 4.69) is 10.6 Å². The summed E-state index contributed by atoms with van der Waals surface area (Å²) in [4.78, 5) is 13.0. The maximum absolute atomic E-state index is 12.5. The molecule has 1 unspecified atom stereocenters. The minimum absolute atomic E-state index is 0. The van der Waals surface area contributed by atoms with Crippen molar-refractivity contribution in [2.24, 2.45) is 11.3 Å². The lowest BCUT2D eigenvalue weighted by Gasteiger charge is -2.23. The lowest BCUT2D eigenvalue weighted by Crippen LogP contribution is -2.31. The quantitative estimate of drug-likeness (QED) is 0.744. The molecule has 1 spiro atoms. The third-order valence-corrected chi connectivity index (χ3v) is 6.03. The molecule has 1 aromatic carbocycles. The van der Waals surface area contributed by atoms with Gasteiger partial charge in [0.15, 0.2) is 0 Å². The van der Waals surface area contributed by atoms with Gasteiger partial charge in [-0.05, 0) is 62.4 Å². The van der Waals surface area contributed by atoms with Crippen molar-refractivity contribution in [1.82, 2.24) is 5.32 Å². The van der Waals surface area contributed by atoms with Gasteiger partial charge < -0.3 is 10.6 Å². The van der Waals surface area contributed by atoms with E-state index in [9.17, 15) is 18.0 Å². The lowest BCUT2D eigenvalue weighted by molar-refractivity contribution is -0.118. The van der Waals surface area contributed by atoms with E-state index in [-0.39, 0.29) is 29.6 Å². The molecule has 1 aromatic rings. The SMILES string of the molecule is Cc1ccc(SCC(F)(F)F)c(NC(=O)C2CC23CCNCC3)c1.Cl. The van der Waals surface area contributed by atoms with Crippen LogP contribution in [0.1, 0.15) is 24.8 Å². The minimum Gasteiger partial charge on any atom is -0.325 e. The van der Waals surface area contributed by atoms with Crippen LogP contribution in [0.2, 0.25) is 0 Å². The number of thioether (sulfide) groups is 1. The van der Waals surface area contributed by atoms with E-state index < -0.39 is 11.9 Å². The van der Waals surface area contributed by atoms with Crippen LogP contribution in [0.4, 0.5) is 18.9 Å². The van der Waals surface area contributed by atoms with Crippen LogP contribution >= 0.6 is 24.2 Å². The number of nitrogens with one attached hydrogen (secondary N) is 2. The molecular formula is C17H22ClF3N2OS. The Morgan fingerprint density at radius 1 is 1.36 bits per heavy atom. The summed E-state index contributed by atoms with van der Waals surface area (Å²) in [6, 6.07) is 5.16. The van der Waals surface area contributed by atoms with Gasteiger partial charge in [0.25, 0.3) is 0 Å². The number of aryl methyl sites for hydroxylation is 1. The summed E-state index contributed by atoms with van der Waals surface area (Å²) >= 11 is 0.714. The Morgan fingerprint density at radius 3 is 2.68 bits per heavy atom. The van der Waals surface area contributed by atoms with E-state index in [1.807, 2.05) is 6.92 Å². The van der Waals surface area contributed by atoms with Crippen LogP contribution in [0.3, 0.4) is 0 Å². The van der Waals surface area contributed by atoms with E-state index in [1.54, 1.807) is 18.2 Å². The van der Waals surface area contributed by atoms with Gasteiger partial charge in [-0.2, -0.15) is 13.2 Å². The molecule has 0 radical (unpaired) electrons. The van der Waals surface area contributed by atoms with Crippen molar-refractivity contribution in [1.29, 1.82) is 0 Å². The largest absolute Gasteiger partial charge is 0.398 e. The molecule has 25 heavy (non-hydrogen) atoms. The Morgan fingerprint density at radius 2 is 2.04 bits per heavy atom. The van der Waals surface area contributed by atoms with Crippen molar-refractivity contribution in [3.8, 4) is 0 Å². The van der Waals surface area contributed by atoms with Gasteiger partial charge in [0.05, 0.1) is 11.4 Å². The highest BCUT2D eigenvalue weighted by Gasteiger charge is 2.57. The van der Waals surface area contributed by atoms with E-state index in [0.717, 1.165) is 37.9 Å². The Kier molecular flexibility index (Phi) is 6.33. The van der Waals surface area contributed by atoms with E-state index >= 15 is 0 Å². The number of alkyl halides is 3. The summed E-state index contributed by atoms with van der Waals surface area (Å²) in [5.74, 6) is -1.03. The molecule has 2 aliphatic rings. The van der Waals surface area contributed by atoms with E-state index in [1.165, 1.54) is 0 Å². The Bertz CT molecular complexity index is 633. The van der Waals surface area contributed by atoms with Crippen molar-refractivity contribution >= 4 is 35.8 Å². The molecule has 3 nitrogen and oxygen atoms in total. The number of halogens is 4. The van der Waals surface area contributed by atoms with Crippen molar-refractivity contribution < 1.29 is 18.0 Å². The van der Waals surface area contributed by atoms with Crippen LogP contribution in [-0.2, 0) is 4.79 Å². The monoisotopic (exact) mass is 394 g/mol. The number of amides is 1. The molecule has 3 rings (SSSR count). The van der Waals surface area contributed by atoms with Crippen molar-refractivity contribution in [3.63, 3.8) is 0 Å². The molecule has 1 heterocycles. The number of hydrogen-bond donors (Lipinski definition) is 2. The van der Waals surface area contributed by atoms with Crippen LogP contribution < -0.4 is 10.6 Å². The fourth-order valence-corrected chi connectivity index (χ4v) is 4.19. The Labute approximate surface area is 155 Å². The molecule has 1 aliphatic heterocycles. The summed E-state index contributed by atoms with van der Waals surface area (Å²) < 4.78 is 37.4. The Balaban J connectivity index is 0.00000225. The number of anilines is 1. The first-order valence-electron chi connectivity index (χ1n) is 8.11. The maximum atomic E-state index is 12.5. The minimum atomic E-state index is -4.23. The molecular weight excluding hydrogens is 373 g/mol. The summed E-state index contributed by atoms with van der Waals surface area (Å²) in [5, 5.41) is 6.17. The predicted molar refractivity (Wildman–Crippen MR) is 96.5 cm³/mol. The van der Waals surface area contributed by atoms with E-state index in [0.29, 0.717) is 22.3 Å². The first-order valence-corrected chi connectivity index (χ1v) is 9.09. The van der Waals surface area contributed by atoms with Gasteiger partial charge >= 0.3 is 6.18 Å². The van der Waals surface area contributed by atoms with Gasteiger partial charge in [0.2, 0.25) is 5.91 Å². The molecule has 0 bridgehead atoms. The number of rotatable bonds is 4. The highest BCUT2D eigenvalue weighted by molar-refractivity contribution is 7.99. The zero-order valence-electron chi connectivity index (χ0n) is 13.9. The van der Waals surface area contributed by atoms with Crippen molar-refractivity contribution in [3.05, 3.63) is 23.8 Å². The fourth-order valence-electron chi connectivity index (χ4n) is 3.44. The third kappa shape index (κ3) is 5.05. The van der Waals surface area contributed by atoms with Gasteiger partial charge in [-0.15, -0.1) is 24.2 Å². The number of carbonyl (C=O) groups is 1. The first kappa shape index (κ1) is 20.4. The molecule has 0 aromatic heterocycles. The topological polar surface area (TPSA) is 41.1 Å². The van der Waals surface area contributed by atoms with Gasteiger partial charge in [-0.3, -0.25) is 4.79 Å². The number of benzene rings is 1. The highest BCUT2D eigenvalue weighted by atomic mass is 35.5.